The Balaban J connectivity index is 2.00. The number of rotatable bonds is 10. The summed E-state index contributed by atoms with van der Waals surface area (Å²) in [5.74, 6) is 0. The lowest BCUT2D eigenvalue weighted by atomic mass is 10.1. The molecule has 0 amide bonds. The van der Waals surface area contributed by atoms with Gasteiger partial charge in [0.1, 0.15) is 0 Å². The zero-order valence-corrected chi connectivity index (χ0v) is 12.2. The quantitative estimate of drug-likeness (QED) is 0.591. The van der Waals surface area contributed by atoms with Gasteiger partial charge >= 0.3 is 0 Å². The van der Waals surface area contributed by atoms with Gasteiger partial charge in [-0.3, -0.25) is 0 Å². The third kappa shape index (κ3) is 6.80. The minimum atomic E-state index is 1.01. The minimum Gasteiger partial charge on any atom is -0.313 e. The van der Waals surface area contributed by atoms with E-state index in [1.54, 1.807) is 0 Å². The van der Waals surface area contributed by atoms with Crippen molar-refractivity contribution in [3.63, 3.8) is 0 Å². The van der Waals surface area contributed by atoms with Gasteiger partial charge in [-0.05, 0) is 30.5 Å². The van der Waals surface area contributed by atoms with Crippen LogP contribution in [0.25, 0.3) is 0 Å². The summed E-state index contributed by atoms with van der Waals surface area (Å²) < 4.78 is 0. The van der Waals surface area contributed by atoms with E-state index in [1.165, 1.54) is 49.7 Å². The van der Waals surface area contributed by atoms with Crippen LogP contribution >= 0.6 is 0 Å². The summed E-state index contributed by atoms with van der Waals surface area (Å²) >= 11 is 0. The topological polar surface area (TPSA) is 12.0 Å². The second-order valence-corrected chi connectivity index (χ2v) is 5.11. The standard InChI is InChI=1S/C17H29N/c1-3-5-6-7-8-9-14-18-15-17-12-10-16(4-2)11-13-17/h10-13,18H,3-9,14-15H2,1-2H3. The van der Waals surface area contributed by atoms with E-state index in [0.29, 0.717) is 0 Å². The smallest absolute Gasteiger partial charge is 0.0205 e. The lowest BCUT2D eigenvalue weighted by Gasteiger charge is -2.06. The van der Waals surface area contributed by atoms with E-state index >= 15 is 0 Å². The van der Waals surface area contributed by atoms with Crippen LogP contribution in [-0.4, -0.2) is 6.54 Å². The molecule has 0 saturated heterocycles. The fourth-order valence-corrected chi connectivity index (χ4v) is 2.16. The van der Waals surface area contributed by atoms with Gasteiger partial charge in [0.05, 0.1) is 0 Å². The molecule has 1 aromatic rings. The van der Waals surface area contributed by atoms with Crippen molar-refractivity contribution in [2.75, 3.05) is 6.54 Å². The summed E-state index contributed by atoms with van der Waals surface area (Å²) in [6, 6.07) is 8.96. The molecule has 1 N–H and O–H groups in total. The molecule has 0 bridgehead atoms. The first-order chi connectivity index (χ1) is 8.86. The minimum absolute atomic E-state index is 1.01. The number of aryl methyl sites for hydroxylation is 1. The summed E-state index contributed by atoms with van der Waals surface area (Å²) in [5.41, 5.74) is 2.83. The van der Waals surface area contributed by atoms with Crippen LogP contribution in [0.5, 0.6) is 0 Å². The van der Waals surface area contributed by atoms with Gasteiger partial charge in [0.2, 0.25) is 0 Å². The Morgan fingerprint density at radius 3 is 2.06 bits per heavy atom. The van der Waals surface area contributed by atoms with Crippen LogP contribution in [-0.2, 0) is 13.0 Å². The molecule has 0 aromatic heterocycles. The molecule has 1 nitrogen and oxygen atoms in total. The van der Waals surface area contributed by atoms with Crippen molar-refractivity contribution in [2.45, 2.75) is 65.3 Å². The molecule has 0 atom stereocenters. The summed E-state index contributed by atoms with van der Waals surface area (Å²) in [6.45, 7) is 6.64. The van der Waals surface area contributed by atoms with Gasteiger partial charge in [0.15, 0.2) is 0 Å². The largest absolute Gasteiger partial charge is 0.313 e. The lowest BCUT2D eigenvalue weighted by Crippen LogP contribution is -2.14. The van der Waals surface area contributed by atoms with E-state index in [4.69, 9.17) is 0 Å². The predicted molar refractivity (Wildman–Crippen MR) is 80.9 cm³/mol. The first-order valence-corrected chi connectivity index (χ1v) is 7.65. The third-order valence-corrected chi connectivity index (χ3v) is 3.47. The Morgan fingerprint density at radius 2 is 1.39 bits per heavy atom. The maximum atomic E-state index is 3.53. The van der Waals surface area contributed by atoms with E-state index in [2.05, 4.69) is 43.4 Å². The van der Waals surface area contributed by atoms with Crippen LogP contribution in [0.4, 0.5) is 0 Å². The van der Waals surface area contributed by atoms with Crippen molar-refractivity contribution < 1.29 is 0 Å². The summed E-state index contributed by atoms with van der Waals surface area (Å²) in [4.78, 5) is 0. The molecule has 0 spiro atoms. The Bertz CT molecular complexity index is 289. The molecule has 0 aliphatic carbocycles. The Morgan fingerprint density at radius 1 is 0.778 bits per heavy atom. The molecule has 1 heteroatoms. The van der Waals surface area contributed by atoms with Crippen LogP contribution < -0.4 is 5.32 Å². The highest BCUT2D eigenvalue weighted by atomic mass is 14.8. The van der Waals surface area contributed by atoms with Crippen molar-refractivity contribution in [1.29, 1.82) is 0 Å². The first kappa shape index (κ1) is 15.2. The van der Waals surface area contributed by atoms with Crippen LogP contribution in [0.3, 0.4) is 0 Å². The molecular weight excluding hydrogens is 218 g/mol. The Hall–Kier alpha value is -0.820. The van der Waals surface area contributed by atoms with E-state index in [0.717, 1.165) is 19.5 Å². The first-order valence-electron chi connectivity index (χ1n) is 7.65. The normalized spacial score (nSPS) is 10.8. The number of nitrogens with one attached hydrogen (secondary N) is 1. The zero-order chi connectivity index (χ0) is 13.1. The van der Waals surface area contributed by atoms with Crippen molar-refractivity contribution in [2.24, 2.45) is 0 Å². The second-order valence-electron chi connectivity index (χ2n) is 5.11. The van der Waals surface area contributed by atoms with Crippen LogP contribution in [0.15, 0.2) is 24.3 Å². The van der Waals surface area contributed by atoms with Gasteiger partial charge < -0.3 is 5.32 Å². The number of benzene rings is 1. The Kier molecular flexibility index (Phi) is 8.58. The van der Waals surface area contributed by atoms with E-state index in [1.807, 2.05) is 0 Å². The van der Waals surface area contributed by atoms with Crippen molar-refractivity contribution in [3.05, 3.63) is 35.4 Å². The zero-order valence-electron chi connectivity index (χ0n) is 12.2. The van der Waals surface area contributed by atoms with E-state index in [9.17, 15) is 0 Å². The number of hydrogen-bond donors (Lipinski definition) is 1. The van der Waals surface area contributed by atoms with Gasteiger partial charge in [-0.15, -0.1) is 0 Å². The van der Waals surface area contributed by atoms with Gasteiger partial charge in [-0.1, -0.05) is 70.2 Å². The van der Waals surface area contributed by atoms with Gasteiger partial charge in [-0.2, -0.15) is 0 Å². The molecule has 0 radical (unpaired) electrons. The SMILES string of the molecule is CCCCCCCCNCc1ccc(CC)cc1. The highest BCUT2D eigenvalue weighted by molar-refractivity contribution is 5.22. The molecule has 102 valence electrons. The molecule has 18 heavy (non-hydrogen) atoms. The highest BCUT2D eigenvalue weighted by Crippen LogP contribution is 2.06. The lowest BCUT2D eigenvalue weighted by molar-refractivity contribution is 0.572. The maximum absolute atomic E-state index is 3.53. The maximum Gasteiger partial charge on any atom is 0.0205 e. The second kappa shape index (κ2) is 10.1. The van der Waals surface area contributed by atoms with Gasteiger partial charge in [0.25, 0.3) is 0 Å². The molecule has 0 unspecified atom stereocenters. The third-order valence-electron chi connectivity index (χ3n) is 3.47. The fraction of sp³-hybridized carbons (Fsp3) is 0.647. The summed E-state index contributed by atoms with van der Waals surface area (Å²) in [5, 5.41) is 3.53. The summed E-state index contributed by atoms with van der Waals surface area (Å²) in [7, 11) is 0. The molecule has 1 aromatic carbocycles. The van der Waals surface area contributed by atoms with E-state index < -0.39 is 0 Å². The number of unbranched alkanes of at least 4 members (excludes halogenated alkanes) is 5. The number of hydrogen-bond acceptors (Lipinski definition) is 1. The molecule has 0 aliphatic heterocycles. The monoisotopic (exact) mass is 247 g/mol. The molecule has 0 aliphatic rings. The average molecular weight is 247 g/mol. The average Bonchev–Trinajstić information content (AvgIpc) is 2.42. The van der Waals surface area contributed by atoms with Crippen molar-refractivity contribution in [3.8, 4) is 0 Å². The fourth-order valence-electron chi connectivity index (χ4n) is 2.16. The molecule has 0 fully saturated rings. The van der Waals surface area contributed by atoms with Crippen LogP contribution in [0.2, 0.25) is 0 Å². The van der Waals surface area contributed by atoms with Crippen LogP contribution in [0.1, 0.15) is 63.5 Å². The highest BCUT2D eigenvalue weighted by Gasteiger charge is 1.94. The van der Waals surface area contributed by atoms with Gasteiger partial charge in [-0.25, -0.2) is 0 Å². The van der Waals surface area contributed by atoms with E-state index in [-0.39, 0.29) is 0 Å². The van der Waals surface area contributed by atoms with Crippen molar-refractivity contribution >= 4 is 0 Å². The van der Waals surface area contributed by atoms with Crippen molar-refractivity contribution in [1.82, 2.24) is 5.32 Å². The molecule has 0 saturated carbocycles. The Labute approximate surface area is 113 Å². The predicted octanol–water partition coefficient (Wildman–Crippen LogP) is 4.70. The molecule has 0 heterocycles. The van der Waals surface area contributed by atoms with Crippen LogP contribution in [0, 0.1) is 0 Å². The summed E-state index contributed by atoms with van der Waals surface area (Å²) in [6.07, 6.45) is 9.38. The molecular formula is C17H29N. The van der Waals surface area contributed by atoms with Gasteiger partial charge in [0, 0.05) is 6.54 Å². The molecule has 1 rings (SSSR count).